The van der Waals surface area contributed by atoms with Crippen molar-refractivity contribution in [3.05, 3.63) is 59.7 Å². The summed E-state index contributed by atoms with van der Waals surface area (Å²) in [5, 5.41) is 17.0. The Labute approximate surface area is 208 Å². The predicted octanol–water partition coefficient (Wildman–Crippen LogP) is 2.10. The number of benzene rings is 2. The van der Waals surface area contributed by atoms with Gasteiger partial charge in [0, 0.05) is 22.8 Å². The van der Waals surface area contributed by atoms with E-state index in [1.54, 1.807) is 0 Å². The Balaban J connectivity index is 0.000000215. The molecule has 0 radical (unpaired) electrons. The van der Waals surface area contributed by atoms with E-state index >= 15 is 0 Å². The minimum atomic E-state index is -3.72. The monoisotopic (exact) mass is 546 g/mol. The highest BCUT2D eigenvalue weighted by Crippen LogP contribution is 2.22. The van der Waals surface area contributed by atoms with Crippen LogP contribution >= 0.6 is 10.7 Å². The van der Waals surface area contributed by atoms with Crippen LogP contribution in [0.15, 0.2) is 58.3 Å². The highest BCUT2D eigenvalue weighted by molar-refractivity contribution is 8.13. The normalized spacial score (nSPS) is 15.1. The van der Waals surface area contributed by atoms with E-state index < -0.39 is 31.0 Å². The van der Waals surface area contributed by atoms with Gasteiger partial charge in [-0.1, -0.05) is 24.3 Å². The van der Waals surface area contributed by atoms with Gasteiger partial charge in [-0.2, -0.15) is 0 Å². The minimum absolute atomic E-state index is 0.0340. The SMILES string of the molecule is NC1CC1.O=C(O)Cc1ccc(S(=O)(=O)Cl)cc1.O=C(O)Cc1ccc(S(=O)(=O)NC2CC2)cc1. The van der Waals surface area contributed by atoms with Crippen LogP contribution in [-0.4, -0.2) is 51.1 Å². The van der Waals surface area contributed by atoms with Crippen molar-refractivity contribution in [1.82, 2.24) is 4.72 Å². The molecule has 0 bridgehead atoms. The van der Waals surface area contributed by atoms with Crippen molar-refractivity contribution in [2.75, 3.05) is 0 Å². The van der Waals surface area contributed by atoms with Crippen LogP contribution in [0.5, 0.6) is 0 Å². The summed E-state index contributed by atoms with van der Waals surface area (Å²) in [6.45, 7) is 0. The maximum absolute atomic E-state index is 11.8. The van der Waals surface area contributed by atoms with Crippen molar-refractivity contribution in [2.24, 2.45) is 5.73 Å². The number of hydrogen-bond donors (Lipinski definition) is 4. The van der Waals surface area contributed by atoms with Crippen molar-refractivity contribution in [3.63, 3.8) is 0 Å². The molecule has 13 heteroatoms. The summed E-state index contributed by atoms with van der Waals surface area (Å²) in [7, 11) is -2.09. The summed E-state index contributed by atoms with van der Waals surface area (Å²) in [5.41, 5.74) is 6.34. The first kappa shape index (κ1) is 28.7. The fourth-order valence-electron chi connectivity index (χ4n) is 2.49. The second-order valence-corrected chi connectivity index (χ2v) is 12.4. The molecule has 192 valence electrons. The number of nitrogens with two attached hydrogens (primary N) is 1. The predicted molar refractivity (Wildman–Crippen MR) is 129 cm³/mol. The van der Waals surface area contributed by atoms with Crippen LogP contribution < -0.4 is 10.5 Å². The topological polar surface area (TPSA) is 181 Å². The maximum Gasteiger partial charge on any atom is 0.307 e. The second-order valence-electron chi connectivity index (χ2n) is 8.10. The van der Waals surface area contributed by atoms with Crippen LogP contribution in [0, 0.1) is 0 Å². The first-order valence-corrected chi connectivity index (χ1v) is 14.4. The van der Waals surface area contributed by atoms with Crippen LogP contribution in [0.1, 0.15) is 36.8 Å². The molecule has 0 saturated heterocycles. The van der Waals surface area contributed by atoms with Crippen molar-refractivity contribution >= 4 is 41.7 Å². The fraction of sp³-hybridized carbons (Fsp3) is 0.364. The van der Waals surface area contributed by atoms with Crippen molar-refractivity contribution in [1.29, 1.82) is 0 Å². The first-order valence-electron chi connectivity index (χ1n) is 10.6. The molecule has 0 unspecified atom stereocenters. The molecular formula is C22H27ClN2O8S2. The Morgan fingerprint density at radius 2 is 1.17 bits per heavy atom. The quantitative estimate of drug-likeness (QED) is 0.360. The lowest BCUT2D eigenvalue weighted by Gasteiger charge is -2.05. The van der Waals surface area contributed by atoms with E-state index in [2.05, 4.69) is 4.72 Å². The molecule has 0 aromatic heterocycles. The summed E-state index contributed by atoms with van der Waals surface area (Å²) in [6, 6.07) is 12.0. The Morgan fingerprint density at radius 1 is 0.800 bits per heavy atom. The molecule has 2 aromatic rings. The Bertz CT molecular complexity index is 1220. The summed E-state index contributed by atoms with van der Waals surface area (Å²) in [6.07, 6.45) is 4.06. The van der Waals surface area contributed by atoms with Crippen LogP contribution in [0.4, 0.5) is 0 Å². The summed E-state index contributed by atoms with van der Waals surface area (Å²) in [5.74, 6) is -1.90. The number of nitrogens with one attached hydrogen (secondary N) is 1. The van der Waals surface area contributed by atoms with Gasteiger partial charge in [-0.05, 0) is 61.1 Å². The van der Waals surface area contributed by atoms with E-state index in [9.17, 15) is 26.4 Å². The third-order valence-electron chi connectivity index (χ3n) is 4.67. The summed E-state index contributed by atoms with van der Waals surface area (Å²) >= 11 is 0. The lowest BCUT2D eigenvalue weighted by atomic mass is 10.2. The Hall–Kier alpha value is -2.51. The maximum atomic E-state index is 11.8. The molecule has 2 aliphatic carbocycles. The van der Waals surface area contributed by atoms with Gasteiger partial charge in [0.2, 0.25) is 10.0 Å². The van der Waals surface area contributed by atoms with Crippen molar-refractivity contribution in [3.8, 4) is 0 Å². The molecule has 0 aliphatic heterocycles. The molecule has 0 spiro atoms. The average molecular weight is 547 g/mol. The van der Waals surface area contributed by atoms with E-state index in [1.807, 2.05) is 0 Å². The molecule has 0 atom stereocenters. The molecule has 35 heavy (non-hydrogen) atoms. The molecule has 2 fully saturated rings. The number of rotatable bonds is 8. The zero-order chi connectivity index (χ0) is 26.2. The van der Waals surface area contributed by atoms with Gasteiger partial charge in [-0.15, -0.1) is 0 Å². The standard InChI is InChI=1S/C11H13NO4S.C8H7ClO4S.C3H7N/c13-11(14)7-8-1-5-10(6-2-8)17(15,16)12-9-3-4-9;9-14(12,13)7-3-1-6(2-4-7)5-8(10)11;4-3-1-2-3/h1-2,5-6,9,12H,3-4,7H2,(H,13,14);1-4H,5H2,(H,10,11);3H,1-2,4H2. The molecule has 2 aromatic carbocycles. The van der Waals surface area contributed by atoms with Gasteiger partial charge >= 0.3 is 11.9 Å². The second kappa shape index (κ2) is 12.5. The number of sulfonamides is 1. The lowest BCUT2D eigenvalue weighted by molar-refractivity contribution is -0.137. The highest BCUT2D eigenvalue weighted by Gasteiger charge is 2.27. The molecule has 2 saturated carbocycles. The molecule has 4 rings (SSSR count). The van der Waals surface area contributed by atoms with Crippen LogP contribution in [0.25, 0.3) is 0 Å². The smallest absolute Gasteiger partial charge is 0.307 e. The van der Waals surface area contributed by atoms with Crippen molar-refractivity contribution in [2.45, 2.75) is 60.4 Å². The third-order valence-corrected chi connectivity index (χ3v) is 7.58. The van der Waals surface area contributed by atoms with Gasteiger partial charge in [0.15, 0.2) is 0 Å². The highest BCUT2D eigenvalue weighted by atomic mass is 35.7. The zero-order valence-corrected chi connectivity index (χ0v) is 21.0. The number of hydrogen-bond acceptors (Lipinski definition) is 7. The minimum Gasteiger partial charge on any atom is -0.481 e. The number of carbonyl (C=O) groups is 2. The molecular weight excluding hydrogens is 520 g/mol. The van der Waals surface area contributed by atoms with Crippen LogP contribution in [-0.2, 0) is 41.5 Å². The summed E-state index contributed by atoms with van der Waals surface area (Å²) < 4.78 is 47.8. The van der Waals surface area contributed by atoms with Gasteiger partial charge < -0.3 is 15.9 Å². The Kier molecular flexibility index (Phi) is 10.2. The largest absolute Gasteiger partial charge is 0.481 e. The Morgan fingerprint density at radius 3 is 1.46 bits per heavy atom. The van der Waals surface area contributed by atoms with Gasteiger partial charge in [0.1, 0.15) is 0 Å². The number of carboxylic acid groups (broad SMARTS) is 2. The van der Waals surface area contributed by atoms with Gasteiger partial charge in [-0.25, -0.2) is 21.6 Å². The zero-order valence-electron chi connectivity index (χ0n) is 18.6. The third kappa shape index (κ3) is 11.6. The molecule has 5 N–H and O–H groups in total. The van der Waals surface area contributed by atoms with Crippen molar-refractivity contribution < 1.29 is 36.6 Å². The number of aliphatic carboxylic acids is 2. The number of carboxylic acids is 2. The molecule has 0 heterocycles. The molecule has 2 aliphatic rings. The van der Waals surface area contributed by atoms with E-state index in [-0.39, 0.29) is 28.7 Å². The molecule has 10 nitrogen and oxygen atoms in total. The first-order chi connectivity index (χ1) is 16.3. The van der Waals surface area contributed by atoms with E-state index in [0.29, 0.717) is 17.2 Å². The lowest BCUT2D eigenvalue weighted by Crippen LogP contribution is -2.25. The van der Waals surface area contributed by atoms with Gasteiger partial charge in [-0.3, -0.25) is 9.59 Å². The van der Waals surface area contributed by atoms with E-state index in [1.165, 1.54) is 61.4 Å². The summed E-state index contributed by atoms with van der Waals surface area (Å²) in [4.78, 5) is 20.9. The fourth-order valence-corrected chi connectivity index (χ4v) is 4.57. The van der Waals surface area contributed by atoms with Crippen LogP contribution in [0.3, 0.4) is 0 Å². The van der Waals surface area contributed by atoms with E-state index in [0.717, 1.165) is 12.8 Å². The van der Waals surface area contributed by atoms with E-state index in [4.69, 9.17) is 26.6 Å². The average Bonchev–Trinajstić information content (AvgIpc) is 3.67. The van der Waals surface area contributed by atoms with Gasteiger partial charge in [0.05, 0.1) is 22.6 Å². The molecule has 0 amide bonds. The number of halogens is 1. The van der Waals surface area contributed by atoms with Crippen LogP contribution in [0.2, 0.25) is 0 Å². The van der Waals surface area contributed by atoms with Gasteiger partial charge in [0.25, 0.3) is 9.05 Å².